The molecule has 0 saturated carbocycles. The van der Waals surface area contributed by atoms with Crippen LogP contribution in [0.25, 0.3) is 16.8 Å². The molecule has 0 bridgehead atoms. The van der Waals surface area contributed by atoms with Gasteiger partial charge in [0.2, 0.25) is 0 Å². The number of pyridine rings is 1. The molecule has 0 unspecified atom stereocenters. The van der Waals surface area contributed by atoms with Gasteiger partial charge >= 0.3 is 5.97 Å². The topological polar surface area (TPSA) is 93.9 Å². The van der Waals surface area contributed by atoms with Gasteiger partial charge in [-0.1, -0.05) is 18.2 Å². The van der Waals surface area contributed by atoms with Crippen LogP contribution in [0.3, 0.4) is 0 Å². The summed E-state index contributed by atoms with van der Waals surface area (Å²) >= 11 is 0. The van der Waals surface area contributed by atoms with Crippen molar-refractivity contribution in [1.29, 1.82) is 5.26 Å². The van der Waals surface area contributed by atoms with E-state index in [4.69, 9.17) is 10.5 Å². The van der Waals surface area contributed by atoms with Crippen LogP contribution in [0.1, 0.15) is 16.1 Å². The number of carbonyl (C=O) groups is 1. The summed E-state index contributed by atoms with van der Waals surface area (Å²) < 4.78 is 6.42. The molecule has 2 heterocycles. The second-order valence-corrected chi connectivity index (χ2v) is 5.03. The smallest absolute Gasteiger partial charge is 0.357 e. The normalized spacial score (nSPS) is 10.2. The molecule has 0 radical (unpaired) electrons. The highest BCUT2D eigenvalue weighted by Gasteiger charge is 2.23. The minimum Gasteiger partial charge on any atom is -0.464 e. The molecule has 0 aliphatic rings. The maximum Gasteiger partial charge on any atom is 0.357 e. The lowest BCUT2D eigenvalue weighted by Crippen LogP contribution is -2.11. The lowest BCUT2D eigenvalue weighted by Gasteiger charge is -2.13. The molecular weight excluding hydrogens is 304 g/mol. The molecule has 24 heavy (non-hydrogen) atoms. The minimum absolute atomic E-state index is 0.105. The van der Waals surface area contributed by atoms with Crippen LogP contribution in [-0.2, 0) is 4.74 Å². The molecule has 3 aromatic rings. The lowest BCUT2D eigenvalue weighted by molar-refractivity contribution is 0.0593. The number of carbonyl (C=O) groups excluding carboxylic acids is 1. The molecule has 0 spiro atoms. The predicted molar refractivity (Wildman–Crippen MR) is 89.5 cm³/mol. The zero-order valence-electron chi connectivity index (χ0n) is 12.9. The summed E-state index contributed by atoms with van der Waals surface area (Å²) in [5.41, 5.74) is 8.96. The van der Waals surface area contributed by atoms with E-state index in [0.717, 1.165) is 16.8 Å². The van der Waals surface area contributed by atoms with E-state index in [9.17, 15) is 10.1 Å². The number of hydrogen-bond acceptors (Lipinski definition) is 5. The van der Waals surface area contributed by atoms with E-state index in [1.165, 1.54) is 7.11 Å². The van der Waals surface area contributed by atoms with Crippen LogP contribution in [-0.4, -0.2) is 22.6 Å². The fraction of sp³-hybridized carbons (Fsp3) is 0.0556. The molecule has 2 N–H and O–H groups in total. The average molecular weight is 318 g/mol. The largest absolute Gasteiger partial charge is 0.464 e. The second-order valence-electron chi connectivity index (χ2n) is 5.03. The number of aromatic nitrogens is 2. The zero-order chi connectivity index (χ0) is 17.1. The number of nitrogen functional groups attached to an aromatic ring is 1. The molecule has 2 aromatic heterocycles. The Labute approximate surface area is 138 Å². The SMILES string of the molecule is COC(=O)c1c(N)c(C#N)cn1-c1ccccc1-c1ccncc1. The molecule has 0 atom stereocenters. The van der Waals surface area contributed by atoms with E-state index in [1.807, 2.05) is 42.5 Å². The summed E-state index contributed by atoms with van der Waals surface area (Å²) in [6.07, 6.45) is 4.93. The number of rotatable bonds is 3. The van der Waals surface area contributed by atoms with Gasteiger partial charge in [-0.15, -0.1) is 0 Å². The number of methoxy groups -OCH3 is 1. The highest BCUT2D eigenvalue weighted by molar-refractivity contribution is 5.96. The van der Waals surface area contributed by atoms with Crippen molar-refractivity contribution >= 4 is 11.7 Å². The summed E-state index contributed by atoms with van der Waals surface area (Å²) in [5, 5.41) is 9.24. The van der Waals surface area contributed by atoms with Gasteiger partial charge in [-0.3, -0.25) is 4.98 Å². The van der Waals surface area contributed by atoms with Crippen LogP contribution in [0.4, 0.5) is 5.69 Å². The van der Waals surface area contributed by atoms with Gasteiger partial charge < -0.3 is 15.0 Å². The van der Waals surface area contributed by atoms with Gasteiger partial charge in [-0.2, -0.15) is 5.26 Å². The fourth-order valence-corrected chi connectivity index (χ4v) is 2.56. The van der Waals surface area contributed by atoms with Crippen LogP contribution in [0.15, 0.2) is 55.0 Å². The van der Waals surface area contributed by atoms with Crippen LogP contribution in [0.5, 0.6) is 0 Å². The quantitative estimate of drug-likeness (QED) is 0.749. The average Bonchev–Trinajstić information content (AvgIpc) is 2.98. The van der Waals surface area contributed by atoms with Gasteiger partial charge in [0.15, 0.2) is 5.69 Å². The van der Waals surface area contributed by atoms with E-state index in [1.54, 1.807) is 23.2 Å². The van der Waals surface area contributed by atoms with E-state index in [-0.39, 0.29) is 16.9 Å². The first-order valence-electron chi connectivity index (χ1n) is 7.16. The second kappa shape index (κ2) is 6.26. The Morgan fingerprint density at radius 1 is 1.25 bits per heavy atom. The summed E-state index contributed by atoms with van der Waals surface area (Å²) in [6, 6.07) is 13.3. The van der Waals surface area contributed by atoms with Crippen LogP contribution >= 0.6 is 0 Å². The van der Waals surface area contributed by atoms with Crippen molar-refractivity contribution < 1.29 is 9.53 Å². The van der Waals surface area contributed by atoms with E-state index in [2.05, 4.69) is 4.98 Å². The molecule has 0 aliphatic carbocycles. The van der Waals surface area contributed by atoms with Gasteiger partial charge in [0, 0.05) is 24.2 Å². The third-order valence-corrected chi connectivity index (χ3v) is 3.70. The number of nitrogens with two attached hydrogens (primary N) is 1. The van der Waals surface area contributed by atoms with Crippen LogP contribution < -0.4 is 5.73 Å². The molecule has 118 valence electrons. The lowest BCUT2D eigenvalue weighted by atomic mass is 10.0. The molecule has 0 amide bonds. The number of esters is 1. The van der Waals surface area contributed by atoms with Gasteiger partial charge in [-0.25, -0.2) is 4.79 Å². The highest BCUT2D eigenvalue weighted by Crippen LogP contribution is 2.31. The standard InChI is InChI=1S/C18H14N4O2/c1-24-18(23)17-16(20)13(10-19)11-22(17)15-5-3-2-4-14(15)12-6-8-21-9-7-12/h2-9,11H,20H2,1H3. The molecule has 1 aromatic carbocycles. The van der Waals surface area contributed by atoms with Crippen LogP contribution in [0, 0.1) is 11.3 Å². The molecule has 6 nitrogen and oxygen atoms in total. The highest BCUT2D eigenvalue weighted by atomic mass is 16.5. The Kier molecular flexibility index (Phi) is 4.00. The number of anilines is 1. The summed E-state index contributed by atoms with van der Waals surface area (Å²) in [4.78, 5) is 16.2. The Balaban J connectivity index is 2.29. The van der Waals surface area contributed by atoms with Crippen molar-refractivity contribution in [3.8, 4) is 22.9 Å². The maximum atomic E-state index is 12.2. The minimum atomic E-state index is -0.599. The number of ether oxygens (including phenoxy) is 1. The number of nitrogens with zero attached hydrogens (tertiary/aromatic N) is 3. The Hall–Kier alpha value is -3.59. The Bertz CT molecular complexity index is 939. The first kappa shape index (κ1) is 15.3. The van der Waals surface area contributed by atoms with Crippen LogP contribution in [0.2, 0.25) is 0 Å². The number of hydrogen-bond donors (Lipinski definition) is 1. The van der Waals surface area contributed by atoms with Gasteiger partial charge in [-0.05, 0) is 23.8 Å². The van der Waals surface area contributed by atoms with E-state index < -0.39 is 5.97 Å². The first-order valence-corrected chi connectivity index (χ1v) is 7.16. The predicted octanol–water partition coefficient (Wildman–Crippen LogP) is 2.78. The number of para-hydroxylation sites is 1. The summed E-state index contributed by atoms with van der Waals surface area (Å²) in [5.74, 6) is -0.599. The Morgan fingerprint density at radius 3 is 2.62 bits per heavy atom. The monoisotopic (exact) mass is 318 g/mol. The van der Waals surface area contributed by atoms with E-state index in [0.29, 0.717) is 0 Å². The molecule has 0 fully saturated rings. The van der Waals surface area contributed by atoms with Crippen molar-refractivity contribution in [2.45, 2.75) is 0 Å². The molecule has 6 heteroatoms. The molecule has 0 saturated heterocycles. The molecule has 3 rings (SSSR count). The van der Waals surface area contributed by atoms with Crippen molar-refractivity contribution in [3.05, 3.63) is 66.2 Å². The number of nitriles is 1. The van der Waals surface area contributed by atoms with Crippen molar-refractivity contribution in [3.63, 3.8) is 0 Å². The maximum absolute atomic E-state index is 12.2. The molecular formula is C18H14N4O2. The fourth-order valence-electron chi connectivity index (χ4n) is 2.56. The summed E-state index contributed by atoms with van der Waals surface area (Å²) in [6.45, 7) is 0. The van der Waals surface area contributed by atoms with Gasteiger partial charge in [0.25, 0.3) is 0 Å². The van der Waals surface area contributed by atoms with Crippen molar-refractivity contribution in [2.24, 2.45) is 0 Å². The van der Waals surface area contributed by atoms with Gasteiger partial charge in [0.1, 0.15) is 6.07 Å². The van der Waals surface area contributed by atoms with Crippen molar-refractivity contribution in [2.75, 3.05) is 12.8 Å². The third kappa shape index (κ3) is 2.48. The summed E-state index contributed by atoms with van der Waals surface area (Å²) in [7, 11) is 1.28. The first-order chi connectivity index (χ1) is 11.7. The zero-order valence-corrected chi connectivity index (χ0v) is 12.9. The number of benzene rings is 1. The Morgan fingerprint density at radius 2 is 1.96 bits per heavy atom. The van der Waals surface area contributed by atoms with Gasteiger partial charge in [0.05, 0.1) is 24.0 Å². The van der Waals surface area contributed by atoms with Crippen molar-refractivity contribution in [1.82, 2.24) is 9.55 Å². The molecule has 0 aliphatic heterocycles. The van der Waals surface area contributed by atoms with E-state index >= 15 is 0 Å². The third-order valence-electron chi connectivity index (χ3n) is 3.70.